The fraction of sp³-hybridized carbons (Fsp3) is 0.158. The Hall–Kier alpha value is -2.80. The first-order valence-electron chi connectivity index (χ1n) is 7.82. The third-order valence-electron chi connectivity index (χ3n) is 4.02. The molecule has 3 rings (SSSR count). The van der Waals surface area contributed by atoms with Gasteiger partial charge in [0.05, 0.1) is 19.9 Å². The lowest BCUT2D eigenvalue weighted by Crippen LogP contribution is -2.32. The Bertz CT molecular complexity index is 976. The zero-order chi connectivity index (χ0) is 18.7. The fourth-order valence-corrected chi connectivity index (χ4v) is 2.98. The first-order chi connectivity index (χ1) is 12.5. The van der Waals surface area contributed by atoms with Crippen molar-refractivity contribution in [3.8, 4) is 11.4 Å². The van der Waals surface area contributed by atoms with Crippen molar-refractivity contribution in [2.24, 2.45) is 0 Å². The summed E-state index contributed by atoms with van der Waals surface area (Å²) in [5, 5.41) is 0. The Balaban J connectivity index is 2.09. The van der Waals surface area contributed by atoms with Crippen molar-refractivity contribution < 1.29 is 14.3 Å². The molecule has 0 aliphatic rings. The van der Waals surface area contributed by atoms with Crippen LogP contribution in [0.4, 0.5) is 0 Å². The van der Waals surface area contributed by atoms with Crippen LogP contribution in [-0.4, -0.2) is 29.3 Å². The predicted molar refractivity (Wildman–Crippen MR) is 101 cm³/mol. The summed E-state index contributed by atoms with van der Waals surface area (Å²) in [7, 11) is 2.84. The molecule has 0 amide bonds. The maximum Gasteiger partial charge on any atom is 0.333 e. The first-order valence-corrected chi connectivity index (χ1v) is 8.61. The first kappa shape index (κ1) is 18.0. The Morgan fingerprint density at radius 3 is 2.46 bits per heavy atom. The molecule has 1 aromatic heterocycles. The number of methoxy groups -OCH3 is 2. The molecule has 1 atom stereocenters. The Kier molecular flexibility index (Phi) is 5.27. The number of esters is 1. The number of carbonyl (C=O) groups is 1. The van der Waals surface area contributed by atoms with E-state index in [0.717, 1.165) is 4.47 Å². The highest BCUT2D eigenvalue weighted by atomic mass is 79.9. The van der Waals surface area contributed by atoms with Crippen LogP contribution >= 0.6 is 15.9 Å². The van der Waals surface area contributed by atoms with Gasteiger partial charge in [-0.2, -0.15) is 0 Å². The molecule has 0 spiro atoms. The molecule has 0 N–H and O–H groups in total. The molecule has 0 aliphatic carbocycles. The van der Waals surface area contributed by atoms with Crippen LogP contribution in [0.3, 0.4) is 0 Å². The van der Waals surface area contributed by atoms with Crippen molar-refractivity contribution in [1.82, 2.24) is 9.13 Å². The number of rotatable bonds is 5. The van der Waals surface area contributed by atoms with E-state index in [4.69, 9.17) is 9.47 Å². The SMILES string of the molecule is COC(=O)C(c1cccc(OC)c1)n1ccn(-c2ccc(Br)cc2)c1=O. The number of halogens is 1. The molecule has 0 bridgehead atoms. The molecule has 0 saturated carbocycles. The predicted octanol–water partition coefficient (Wildman–Crippen LogP) is 3.17. The van der Waals surface area contributed by atoms with Crippen LogP contribution in [0.2, 0.25) is 0 Å². The number of aromatic nitrogens is 2. The van der Waals surface area contributed by atoms with Crippen LogP contribution in [0, 0.1) is 0 Å². The van der Waals surface area contributed by atoms with Crippen molar-refractivity contribution in [2.45, 2.75) is 6.04 Å². The van der Waals surface area contributed by atoms with E-state index in [2.05, 4.69) is 15.9 Å². The van der Waals surface area contributed by atoms with Gasteiger partial charge in [-0.15, -0.1) is 0 Å². The lowest BCUT2D eigenvalue weighted by atomic mass is 10.1. The lowest BCUT2D eigenvalue weighted by Gasteiger charge is -2.16. The smallest absolute Gasteiger partial charge is 0.333 e. The van der Waals surface area contributed by atoms with E-state index in [9.17, 15) is 9.59 Å². The van der Waals surface area contributed by atoms with Gasteiger partial charge in [-0.3, -0.25) is 9.13 Å². The fourth-order valence-electron chi connectivity index (χ4n) is 2.72. The van der Waals surface area contributed by atoms with E-state index in [-0.39, 0.29) is 5.69 Å². The van der Waals surface area contributed by atoms with Crippen molar-refractivity contribution in [3.63, 3.8) is 0 Å². The quantitative estimate of drug-likeness (QED) is 0.599. The van der Waals surface area contributed by atoms with Gasteiger partial charge in [0.2, 0.25) is 0 Å². The average Bonchev–Trinajstić information content (AvgIpc) is 3.04. The zero-order valence-electron chi connectivity index (χ0n) is 14.3. The van der Waals surface area contributed by atoms with Crippen LogP contribution in [0.25, 0.3) is 5.69 Å². The van der Waals surface area contributed by atoms with Crippen LogP contribution in [0.1, 0.15) is 11.6 Å². The van der Waals surface area contributed by atoms with Gasteiger partial charge in [0, 0.05) is 16.9 Å². The van der Waals surface area contributed by atoms with E-state index in [1.807, 2.05) is 24.3 Å². The van der Waals surface area contributed by atoms with Crippen LogP contribution < -0.4 is 10.4 Å². The largest absolute Gasteiger partial charge is 0.497 e. The maximum atomic E-state index is 12.9. The van der Waals surface area contributed by atoms with E-state index < -0.39 is 12.0 Å². The minimum absolute atomic E-state index is 0.342. The molecule has 2 aromatic carbocycles. The second kappa shape index (κ2) is 7.61. The summed E-state index contributed by atoms with van der Waals surface area (Å²) in [6, 6.07) is 13.4. The molecule has 0 radical (unpaired) electrons. The molecule has 0 saturated heterocycles. The van der Waals surface area contributed by atoms with Crippen LogP contribution in [0.15, 0.2) is 70.2 Å². The average molecular weight is 417 g/mol. The highest BCUT2D eigenvalue weighted by Crippen LogP contribution is 2.23. The van der Waals surface area contributed by atoms with Crippen LogP contribution in [0.5, 0.6) is 5.75 Å². The highest BCUT2D eigenvalue weighted by Gasteiger charge is 2.26. The number of benzene rings is 2. The minimum Gasteiger partial charge on any atom is -0.497 e. The molecule has 0 aliphatic heterocycles. The van der Waals surface area contributed by atoms with Crippen molar-refractivity contribution in [1.29, 1.82) is 0 Å². The molecular weight excluding hydrogens is 400 g/mol. The Morgan fingerprint density at radius 1 is 1.08 bits per heavy atom. The van der Waals surface area contributed by atoms with E-state index >= 15 is 0 Å². The van der Waals surface area contributed by atoms with Gasteiger partial charge in [0.1, 0.15) is 5.75 Å². The molecule has 1 heterocycles. The number of nitrogens with zero attached hydrogens (tertiary/aromatic N) is 2. The number of hydrogen-bond acceptors (Lipinski definition) is 4. The normalized spacial score (nSPS) is 11.8. The topological polar surface area (TPSA) is 62.5 Å². The molecule has 26 heavy (non-hydrogen) atoms. The van der Waals surface area contributed by atoms with Gasteiger partial charge in [-0.1, -0.05) is 28.1 Å². The van der Waals surface area contributed by atoms with Crippen molar-refractivity contribution >= 4 is 21.9 Å². The highest BCUT2D eigenvalue weighted by molar-refractivity contribution is 9.10. The molecule has 0 fully saturated rings. The van der Waals surface area contributed by atoms with Crippen molar-refractivity contribution in [2.75, 3.05) is 14.2 Å². The third kappa shape index (κ3) is 3.43. The zero-order valence-corrected chi connectivity index (χ0v) is 15.8. The summed E-state index contributed by atoms with van der Waals surface area (Å²) in [4.78, 5) is 25.3. The van der Waals surface area contributed by atoms with Crippen LogP contribution in [-0.2, 0) is 9.53 Å². The number of imidazole rings is 1. The summed E-state index contributed by atoms with van der Waals surface area (Å²) in [6.45, 7) is 0. The standard InChI is InChI=1S/C19H17BrN2O4/c1-25-16-5-3-4-13(12-16)17(18(23)26-2)22-11-10-21(19(22)24)15-8-6-14(20)7-9-15/h3-12,17H,1-2H3. The Morgan fingerprint density at radius 2 is 1.81 bits per heavy atom. The van der Waals surface area contributed by atoms with Gasteiger partial charge >= 0.3 is 11.7 Å². The van der Waals surface area contributed by atoms with Gasteiger partial charge in [-0.05, 0) is 42.0 Å². The van der Waals surface area contributed by atoms with Gasteiger partial charge in [0.25, 0.3) is 0 Å². The number of hydrogen-bond donors (Lipinski definition) is 0. The van der Waals surface area contributed by atoms with Gasteiger partial charge in [-0.25, -0.2) is 9.59 Å². The van der Waals surface area contributed by atoms with E-state index in [0.29, 0.717) is 17.0 Å². The van der Waals surface area contributed by atoms with Gasteiger partial charge in [0.15, 0.2) is 6.04 Å². The maximum absolute atomic E-state index is 12.9. The molecule has 7 heteroatoms. The lowest BCUT2D eigenvalue weighted by molar-refractivity contribution is -0.143. The second-order valence-electron chi connectivity index (χ2n) is 5.54. The summed E-state index contributed by atoms with van der Waals surface area (Å²) in [5.41, 5.74) is 0.962. The monoisotopic (exact) mass is 416 g/mol. The second-order valence-corrected chi connectivity index (χ2v) is 6.45. The number of carbonyl (C=O) groups excluding carboxylic acids is 1. The Labute approximate surface area is 158 Å². The molecule has 6 nitrogen and oxygen atoms in total. The summed E-state index contributed by atoms with van der Waals surface area (Å²) < 4.78 is 13.9. The molecule has 134 valence electrons. The van der Waals surface area contributed by atoms with E-state index in [1.54, 1.807) is 43.8 Å². The number of ether oxygens (including phenoxy) is 2. The van der Waals surface area contributed by atoms with E-state index in [1.165, 1.54) is 16.2 Å². The molecular formula is C19H17BrN2O4. The van der Waals surface area contributed by atoms with Gasteiger partial charge < -0.3 is 9.47 Å². The summed E-state index contributed by atoms with van der Waals surface area (Å²) in [5.74, 6) is 0.0608. The minimum atomic E-state index is -0.903. The summed E-state index contributed by atoms with van der Waals surface area (Å²) in [6.07, 6.45) is 3.20. The summed E-state index contributed by atoms with van der Waals surface area (Å²) >= 11 is 3.37. The van der Waals surface area contributed by atoms with Crippen molar-refractivity contribution in [3.05, 3.63) is 81.4 Å². The molecule has 3 aromatic rings. The molecule has 1 unspecified atom stereocenters. The third-order valence-corrected chi connectivity index (χ3v) is 4.55.